The zero-order valence-corrected chi connectivity index (χ0v) is 53.1. The predicted molar refractivity (Wildman–Crippen MR) is 382 cm³/mol. The van der Waals surface area contributed by atoms with Gasteiger partial charge >= 0.3 is 0 Å². The topological polar surface area (TPSA) is 32.8 Å². The molecule has 2 aromatic heterocycles. The minimum Gasteiger partial charge on any atom is -0.454 e. The van der Waals surface area contributed by atoms with Crippen LogP contribution in [0.2, 0.25) is 0 Å². The number of hydrogen-bond acceptors (Lipinski definition) is 4. The summed E-state index contributed by atoms with van der Waals surface area (Å²) < 4.78 is 14.8. The Morgan fingerprint density at radius 3 is 1.02 bits per heavy atom. The van der Waals surface area contributed by atoms with Gasteiger partial charge in [-0.15, -0.1) is 0 Å². The first-order valence-electron chi connectivity index (χ1n) is 33.4. The van der Waals surface area contributed by atoms with E-state index in [-0.39, 0.29) is 10.8 Å². The van der Waals surface area contributed by atoms with Crippen molar-refractivity contribution in [1.82, 2.24) is 0 Å². The number of hydrogen-bond donors (Lipinski definition) is 0. The predicted octanol–water partition coefficient (Wildman–Crippen LogP) is 25.0. The molecule has 0 unspecified atom stereocenters. The summed E-state index contributed by atoms with van der Waals surface area (Å²) in [5.74, 6) is 1.15. The van der Waals surface area contributed by atoms with Crippen LogP contribution in [0.5, 0.6) is 0 Å². The summed E-state index contributed by atoms with van der Waals surface area (Å²) in [5.41, 5.74) is 21.5. The summed E-state index contributed by atoms with van der Waals surface area (Å²) >= 11 is 0. The average molecular weight is 1180 g/mol. The van der Waals surface area contributed by atoms with Crippen molar-refractivity contribution >= 4 is 99.5 Å². The molecular weight excluding hydrogens is 1100 g/mol. The molecule has 17 rings (SSSR count). The van der Waals surface area contributed by atoms with Crippen LogP contribution < -0.4 is 9.80 Å². The maximum absolute atomic E-state index is 7.41. The van der Waals surface area contributed by atoms with Crippen LogP contribution in [0.1, 0.15) is 149 Å². The molecular formula is C87H76N2O2. The van der Waals surface area contributed by atoms with Gasteiger partial charge in [0.2, 0.25) is 0 Å². The average Bonchev–Trinajstić information content (AvgIpc) is 1.53. The van der Waals surface area contributed by atoms with Crippen LogP contribution >= 0.6 is 0 Å². The van der Waals surface area contributed by atoms with E-state index in [2.05, 4.69) is 294 Å². The molecule has 0 saturated heterocycles. The molecule has 0 amide bonds. The number of anilines is 6. The molecule has 4 nitrogen and oxygen atoms in total. The SMILES string of the molecule is CC(C)(C)c1cccc2c1oc1c(N(c3ccc(C4CCCC4)cc3)c3cc4c(c5ccccc35)-c3c(cc(N(c5ccc(C6CCCC6)cc5)c5cccc6c5oc5c(C(C)(C)C)cccc56)c5ccccc35)C4(c3ccccc3)c3ccccc3)cccc12. The maximum Gasteiger partial charge on any atom is 0.159 e. The van der Waals surface area contributed by atoms with Gasteiger partial charge in [-0.1, -0.05) is 261 Å². The smallest absolute Gasteiger partial charge is 0.159 e. The van der Waals surface area contributed by atoms with E-state index in [4.69, 9.17) is 8.83 Å². The second-order valence-corrected chi connectivity index (χ2v) is 28.4. The third kappa shape index (κ3) is 8.68. The van der Waals surface area contributed by atoms with Crippen LogP contribution in [0.15, 0.2) is 251 Å². The fourth-order valence-corrected chi connectivity index (χ4v) is 16.8. The highest BCUT2D eigenvalue weighted by Gasteiger charge is 2.49. The van der Waals surface area contributed by atoms with Gasteiger partial charge in [-0.25, -0.2) is 0 Å². The Bertz CT molecular complexity index is 4810. The third-order valence-electron chi connectivity index (χ3n) is 21.1. The molecule has 2 saturated carbocycles. The molecule has 0 bridgehead atoms. The summed E-state index contributed by atoms with van der Waals surface area (Å²) in [5, 5.41) is 9.21. The number of para-hydroxylation sites is 4. The maximum atomic E-state index is 7.41. The Kier molecular flexibility index (Phi) is 12.9. The van der Waals surface area contributed by atoms with E-state index in [1.54, 1.807) is 0 Å². The zero-order chi connectivity index (χ0) is 61.3. The van der Waals surface area contributed by atoms with Crippen LogP contribution in [0, 0.1) is 0 Å². The van der Waals surface area contributed by atoms with Crippen molar-refractivity contribution in [2.45, 2.75) is 121 Å². The molecule has 0 radical (unpaired) electrons. The Hall–Kier alpha value is -9.64. The second-order valence-electron chi connectivity index (χ2n) is 28.4. The number of rotatable bonds is 10. The zero-order valence-electron chi connectivity index (χ0n) is 53.1. The summed E-state index contributed by atoms with van der Waals surface area (Å²) in [6.07, 6.45) is 10.1. The number of benzene rings is 12. The fourth-order valence-electron chi connectivity index (χ4n) is 16.8. The van der Waals surface area contributed by atoms with Gasteiger partial charge in [-0.05, 0) is 152 Å². The molecule has 3 aliphatic rings. The molecule has 2 heterocycles. The van der Waals surface area contributed by atoms with E-state index in [0.29, 0.717) is 11.8 Å². The van der Waals surface area contributed by atoms with Gasteiger partial charge in [0.05, 0.1) is 28.2 Å². The van der Waals surface area contributed by atoms with Crippen LogP contribution in [0.3, 0.4) is 0 Å². The molecule has 0 N–H and O–H groups in total. The van der Waals surface area contributed by atoms with E-state index in [1.165, 1.54) is 118 Å². The second kappa shape index (κ2) is 21.2. The molecule has 91 heavy (non-hydrogen) atoms. The lowest BCUT2D eigenvalue weighted by Gasteiger charge is -2.36. The van der Waals surface area contributed by atoms with Gasteiger partial charge in [0, 0.05) is 54.8 Å². The molecule has 3 aliphatic carbocycles. The Morgan fingerprint density at radius 1 is 0.319 bits per heavy atom. The van der Waals surface area contributed by atoms with Crippen molar-refractivity contribution in [2.75, 3.05) is 9.80 Å². The van der Waals surface area contributed by atoms with Crippen LogP contribution in [-0.4, -0.2) is 0 Å². The standard InChI is InChI=1S/C87H76N2O2/c1-85(2,3)71-41-21-37-67-69-39-23-43-75(83(69)90-81(67)71)88(61-49-45-57(46-50-61)55-25-13-14-26-55)77-53-73-79(65-35-19-17-33-63(65)77)80-66-36-20-18-34-64(66)78(54-74(80)87(73,59-29-9-7-10-30-59)60-31-11-8-12-32-60)89(62-51-47-58(48-52-62)56-27-15-16-28-56)76-44-24-40-70-68-38-22-42-72(86(4,5)6)82(68)91-84(70)76/h7-12,17-24,29-56H,13-16,25-28H2,1-6H3. The van der Waals surface area contributed by atoms with E-state index in [1.807, 2.05) is 0 Å². The van der Waals surface area contributed by atoms with E-state index in [0.717, 1.165) is 88.8 Å². The fraction of sp³-hybridized carbons (Fsp3) is 0.218. The third-order valence-corrected chi connectivity index (χ3v) is 21.1. The van der Waals surface area contributed by atoms with Gasteiger partial charge < -0.3 is 18.6 Å². The van der Waals surface area contributed by atoms with Crippen molar-refractivity contribution in [3.63, 3.8) is 0 Å². The van der Waals surface area contributed by atoms with Crippen molar-refractivity contribution < 1.29 is 8.83 Å². The van der Waals surface area contributed by atoms with E-state index < -0.39 is 5.41 Å². The van der Waals surface area contributed by atoms with Crippen LogP contribution in [-0.2, 0) is 16.2 Å². The molecule has 446 valence electrons. The number of fused-ring (bicyclic) bond motifs is 13. The van der Waals surface area contributed by atoms with Gasteiger partial charge in [0.15, 0.2) is 11.2 Å². The lowest BCUT2D eigenvalue weighted by Crippen LogP contribution is -2.29. The molecule has 12 aromatic carbocycles. The summed E-state index contributed by atoms with van der Waals surface area (Å²) in [7, 11) is 0. The quantitative estimate of drug-likeness (QED) is 0.137. The first-order chi connectivity index (χ1) is 44.4. The molecule has 0 atom stereocenters. The summed E-state index contributed by atoms with van der Waals surface area (Å²) in [6, 6.07) is 92.5. The molecule has 14 aromatic rings. The molecule has 4 heteroatoms. The Balaban J connectivity index is 0.986. The number of nitrogens with zero attached hydrogens (tertiary/aromatic N) is 2. The first kappa shape index (κ1) is 55.4. The minimum atomic E-state index is -0.833. The highest BCUT2D eigenvalue weighted by molar-refractivity contribution is 6.20. The lowest BCUT2D eigenvalue weighted by atomic mass is 9.67. The monoisotopic (exact) mass is 1180 g/mol. The van der Waals surface area contributed by atoms with E-state index >= 15 is 0 Å². The van der Waals surface area contributed by atoms with Crippen molar-refractivity contribution in [3.05, 3.63) is 287 Å². The minimum absolute atomic E-state index is 0.135. The van der Waals surface area contributed by atoms with E-state index in [9.17, 15) is 0 Å². The molecule has 2 fully saturated rings. The summed E-state index contributed by atoms with van der Waals surface area (Å²) in [6.45, 7) is 13.7. The number of furan rings is 2. The van der Waals surface area contributed by atoms with Gasteiger partial charge in [0.25, 0.3) is 0 Å². The van der Waals surface area contributed by atoms with Gasteiger partial charge in [-0.2, -0.15) is 0 Å². The van der Waals surface area contributed by atoms with Crippen molar-refractivity contribution in [2.24, 2.45) is 0 Å². The van der Waals surface area contributed by atoms with Crippen molar-refractivity contribution in [1.29, 1.82) is 0 Å². The Morgan fingerprint density at radius 2 is 0.648 bits per heavy atom. The Labute approximate surface area is 534 Å². The normalized spacial score (nSPS) is 15.2. The summed E-state index contributed by atoms with van der Waals surface area (Å²) in [4.78, 5) is 5.07. The first-order valence-corrected chi connectivity index (χ1v) is 33.4. The van der Waals surface area contributed by atoms with Gasteiger partial charge in [-0.3, -0.25) is 0 Å². The molecule has 0 spiro atoms. The largest absolute Gasteiger partial charge is 0.454 e. The lowest BCUT2D eigenvalue weighted by molar-refractivity contribution is 0.572. The van der Waals surface area contributed by atoms with Gasteiger partial charge in [0.1, 0.15) is 11.2 Å². The highest BCUT2D eigenvalue weighted by Crippen LogP contribution is 2.63. The highest BCUT2D eigenvalue weighted by atomic mass is 16.3. The van der Waals surface area contributed by atoms with Crippen molar-refractivity contribution in [3.8, 4) is 11.1 Å². The van der Waals surface area contributed by atoms with Crippen LogP contribution in [0.25, 0.3) is 76.5 Å². The van der Waals surface area contributed by atoms with Crippen LogP contribution in [0.4, 0.5) is 34.1 Å². The molecule has 0 aliphatic heterocycles.